The van der Waals surface area contributed by atoms with Crippen molar-refractivity contribution in [2.75, 3.05) is 44.2 Å². The number of rotatable bonds is 5. The van der Waals surface area contributed by atoms with E-state index in [4.69, 9.17) is 4.74 Å². The third kappa shape index (κ3) is 7.51. The molecule has 2 aromatic carbocycles. The van der Waals surface area contributed by atoms with Crippen LogP contribution in [0.4, 0.5) is 10.5 Å². The van der Waals surface area contributed by atoms with Crippen LogP contribution in [0.2, 0.25) is 0 Å². The Labute approximate surface area is 191 Å². The molecule has 0 unspecified atom stereocenters. The largest absolute Gasteiger partial charge is 0.508 e. The van der Waals surface area contributed by atoms with E-state index in [1.807, 2.05) is 45.0 Å². The highest BCUT2D eigenvalue weighted by Crippen LogP contribution is 2.16. The van der Waals surface area contributed by atoms with E-state index in [9.17, 15) is 9.90 Å². The van der Waals surface area contributed by atoms with Gasteiger partial charge in [0.15, 0.2) is 0 Å². The van der Waals surface area contributed by atoms with Crippen LogP contribution in [-0.4, -0.2) is 61.0 Å². The summed E-state index contributed by atoms with van der Waals surface area (Å²) in [7, 11) is 0. The van der Waals surface area contributed by atoms with Crippen LogP contribution >= 0.6 is 0 Å². The Morgan fingerprint density at radius 1 is 1.09 bits per heavy atom. The number of hydrogen-bond donors (Lipinski definition) is 2. The Hall–Kier alpha value is -3.17. The van der Waals surface area contributed by atoms with Crippen molar-refractivity contribution in [1.82, 2.24) is 10.2 Å². The maximum Gasteiger partial charge on any atom is 0.411 e. The van der Waals surface area contributed by atoms with E-state index in [0.717, 1.165) is 37.3 Å². The highest BCUT2D eigenvalue weighted by molar-refractivity contribution is 5.68. The van der Waals surface area contributed by atoms with Crippen LogP contribution in [0.3, 0.4) is 0 Å². The quantitative estimate of drug-likeness (QED) is 0.702. The first-order valence-electron chi connectivity index (χ1n) is 11.1. The van der Waals surface area contributed by atoms with Crippen LogP contribution in [0.15, 0.2) is 48.5 Å². The summed E-state index contributed by atoms with van der Waals surface area (Å²) in [5, 5.41) is 12.8. The van der Waals surface area contributed by atoms with Crippen LogP contribution in [-0.2, 0) is 11.2 Å². The van der Waals surface area contributed by atoms with Crippen LogP contribution in [0.1, 0.15) is 31.9 Å². The van der Waals surface area contributed by atoms with E-state index in [1.54, 1.807) is 17.0 Å². The summed E-state index contributed by atoms with van der Waals surface area (Å²) in [6.45, 7) is 10.4. The first-order chi connectivity index (χ1) is 15.3. The van der Waals surface area contributed by atoms with E-state index >= 15 is 0 Å². The van der Waals surface area contributed by atoms with Crippen LogP contribution in [0.5, 0.6) is 5.75 Å². The standard InChI is InChI=1S/C26H33N3O3/c1-26(2,3)32-25(31)29(18-14-22-8-12-24(30)13-9-22)17-4-5-21-6-10-23(11-7-21)28-19-15-27-16-20-28/h6-13,27,30H,14-20H2,1-3H3. The average Bonchev–Trinajstić information content (AvgIpc) is 2.77. The van der Waals surface area contributed by atoms with Gasteiger partial charge in [-0.3, -0.25) is 4.90 Å². The van der Waals surface area contributed by atoms with Crippen LogP contribution in [0.25, 0.3) is 0 Å². The number of nitrogens with zero attached hydrogens (tertiary/aromatic N) is 2. The normalized spacial score (nSPS) is 13.8. The topological polar surface area (TPSA) is 65.0 Å². The molecule has 170 valence electrons. The van der Waals surface area contributed by atoms with Crippen molar-refractivity contribution in [2.24, 2.45) is 0 Å². The molecule has 6 heteroatoms. The van der Waals surface area contributed by atoms with E-state index in [-0.39, 0.29) is 18.4 Å². The monoisotopic (exact) mass is 435 g/mol. The zero-order valence-electron chi connectivity index (χ0n) is 19.2. The van der Waals surface area contributed by atoms with Gasteiger partial charge in [0.25, 0.3) is 0 Å². The molecule has 0 atom stereocenters. The Morgan fingerprint density at radius 3 is 2.38 bits per heavy atom. The number of ether oxygens (including phenoxy) is 1. The van der Waals surface area contributed by atoms with Crippen molar-refractivity contribution in [3.8, 4) is 17.6 Å². The molecule has 1 heterocycles. The molecule has 32 heavy (non-hydrogen) atoms. The average molecular weight is 436 g/mol. The van der Waals surface area contributed by atoms with Gasteiger partial charge in [-0.1, -0.05) is 24.0 Å². The molecule has 0 bridgehead atoms. The molecular formula is C26H33N3O3. The molecule has 0 spiro atoms. The van der Waals surface area contributed by atoms with Crippen molar-refractivity contribution in [3.63, 3.8) is 0 Å². The molecule has 1 amide bonds. The minimum atomic E-state index is -0.568. The predicted octanol–water partition coefficient (Wildman–Crippen LogP) is 3.63. The fourth-order valence-electron chi connectivity index (χ4n) is 3.40. The lowest BCUT2D eigenvalue weighted by Gasteiger charge is -2.29. The van der Waals surface area contributed by atoms with E-state index in [2.05, 4.69) is 34.2 Å². The Kier molecular flexibility index (Phi) is 8.02. The van der Waals surface area contributed by atoms with Crippen LogP contribution < -0.4 is 10.2 Å². The Bertz CT molecular complexity index is 932. The fraction of sp³-hybridized carbons (Fsp3) is 0.423. The fourth-order valence-corrected chi connectivity index (χ4v) is 3.40. The van der Waals surface area contributed by atoms with Gasteiger partial charge >= 0.3 is 6.09 Å². The molecule has 0 radical (unpaired) electrons. The molecule has 1 aliphatic heterocycles. The number of phenols is 1. The van der Waals surface area contributed by atoms with E-state index in [0.29, 0.717) is 13.0 Å². The number of anilines is 1. The summed E-state index contributed by atoms with van der Waals surface area (Å²) in [5.74, 6) is 6.52. The second-order valence-electron chi connectivity index (χ2n) is 8.90. The van der Waals surface area contributed by atoms with Gasteiger partial charge in [-0.05, 0) is 69.2 Å². The van der Waals surface area contributed by atoms with Gasteiger partial charge in [0, 0.05) is 44.0 Å². The van der Waals surface area contributed by atoms with Gasteiger partial charge < -0.3 is 20.1 Å². The summed E-state index contributed by atoms with van der Waals surface area (Å²) in [6.07, 6.45) is 0.278. The summed E-state index contributed by atoms with van der Waals surface area (Å²) in [4.78, 5) is 16.7. The molecule has 6 nitrogen and oxygen atoms in total. The second kappa shape index (κ2) is 10.9. The minimum absolute atomic E-state index is 0.228. The van der Waals surface area contributed by atoms with Gasteiger partial charge in [0.2, 0.25) is 0 Å². The minimum Gasteiger partial charge on any atom is -0.508 e. The Balaban J connectivity index is 1.63. The molecule has 0 aromatic heterocycles. The number of phenolic OH excluding ortho intramolecular Hbond substituents is 1. The van der Waals surface area contributed by atoms with E-state index < -0.39 is 5.60 Å². The number of benzene rings is 2. The summed E-state index contributed by atoms with van der Waals surface area (Å²) < 4.78 is 5.56. The van der Waals surface area contributed by atoms with Crippen molar-refractivity contribution in [1.29, 1.82) is 0 Å². The van der Waals surface area contributed by atoms with Gasteiger partial charge in [-0.25, -0.2) is 4.79 Å². The number of piperazine rings is 1. The summed E-state index contributed by atoms with van der Waals surface area (Å²) >= 11 is 0. The second-order valence-corrected chi connectivity index (χ2v) is 8.90. The lowest BCUT2D eigenvalue weighted by atomic mass is 10.1. The third-order valence-electron chi connectivity index (χ3n) is 5.11. The van der Waals surface area contributed by atoms with Crippen LogP contribution in [0, 0.1) is 11.8 Å². The van der Waals surface area contributed by atoms with Gasteiger partial charge in [-0.2, -0.15) is 0 Å². The van der Waals surface area contributed by atoms with Crippen molar-refractivity contribution < 1.29 is 14.6 Å². The first-order valence-corrected chi connectivity index (χ1v) is 11.1. The molecule has 1 aliphatic rings. The molecular weight excluding hydrogens is 402 g/mol. The number of aromatic hydroxyl groups is 1. The highest BCUT2D eigenvalue weighted by Gasteiger charge is 2.21. The maximum absolute atomic E-state index is 12.7. The third-order valence-corrected chi connectivity index (χ3v) is 5.11. The Morgan fingerprint density at radius 2 is 1.75 bits per heavy atom. The molecule has 2 N–H and O–H groups in total. The zero-order valence-corrected chi connectivity index (χ0v) is 19.2. The molecule has 0 saturated carbocycles. The maximum atomic E-state index is 12.7. The molecule has 0 aliphatic carbocycles. The number of nitrogens with one attached hydrogen (secondary N) is 1. The number of carbonyl (C=O) groups is 1. The van der Waals surface area contributed by atoms with Crippen molar-refractivity contribution in [2.45, 2.75) is 32.8 Å². The number of hydrogen-bond acceptors (Lipinski definition) is 5. The molecule has 1 saturated heterocycles. The van der Waals surface area contributed by atoms with E-state index in [1.165, 1.54) is 5.69 Å². The predicted molar refractivity (Wildman–Crippen MR) is 128 cm³/mol. The SMILES string of the molecule is CC(C)(C)OC(=O)N(CC#Cc1ccc(N2CCNCC2)cc1)CCc1ccc(O)cc1. The van der Waals surface area contributed by atoms with Crippen molar-refractivity contribution in [3.05, 3.63) is 59.7 Å². The summed E-state index contributed by atoms with van der Waals surface area (Å²) in [6, 6.07) is 15.3. The lowest BCUT2D eigenvalue weighted by molar-refractivity contribution is 0.0277. The molecule has 1 fully saturated rings. The highest BCUT2D eigenvalue weighted by atomic mass is 16.6. The number of carbonyl (C=O) groups excluding carboxylic acids is 1. The van der Waals surface area contributed by atoms with Gasteiger partial charge in [0.05, 0.1) is 6.54 Å². The lowest BCUT2D eigenvalue weighted by Crippen LogP contribution is -2.43. The van der Waals surface area contributed by atoms with Gasteiger partial charge in [0.1, 0.15) is 11.4 Å². The van der Waals surface area contributed by atoms with Crippen molar-refractivity contribution >= 4 is 11.8 Å². The molecule has 2 aromatic rings. The number of amides is 1. The smallest absolute Gasteiger partial charge is 0.411 e. The van der Waals surface area contributed by atoms with Gasteiger partial charge in [-0.15, -0.1) is 0 Å². The first kappa shape index (κ1) is 23.5. The zero-order chi connectivity index (χ0) is 23.0. The summed E-state index contributed by atoms with van der Waals surface area (Å²) in [5.41, 5.74) is 2.60. The molecule has 3 rings (SSSR count).